The molecule has 0 unspecified atom stereocenters. The van der Waals surface area contributed by atoms with Gasteiger partial charge in [-0.05, 0) is 74.6 Å². The molecule has 0 saturated heterocycles. The summed E-state index contributed by atoms with van der Waals surface area (Å²) in [6.07, 6.45) is 7.55. The van der Waals surface area contributed by atoms with Gasteiger partial charge in [-0.15, -0.1) is 0 Å². The normalized spacial score (nSPS) is 11.2. The van der Waals surface area contributed by atoms with Crippen molar-refractivity contribution in [1.82, 2.24) is 14.9 Å². The van der Waals surface area contributed by atoms with E-state index in [2.05, 4.69) is 28.1 Å². The maximum atomic E-state index is 12.5. The zero-order valence-corrected chi connectivity index (χ0v) is 22.6. The van der Waals surface area contributed by atoms with Crippen molar-refractivity contribution in [3.05, 3.63) is 95.3 Å². The van der Waals surface area contributed by atoms with Gasteiger partial charge in [0.25, 0.3) is 5.91 Å². The fraction of sp³-hybridized carbons (Fsp3) is 0.312. The number of hydrogen-bond donors (Lipinski definition) is 1. The Kier molecular flexibility index (Phi) is 9.57. The van der Waals surface area contributed by atoms with Gasteiger partial charge in [0.1, 0.15) is 5.82 Å². The zero-order chi connectivity index (χ0) is 26.7. The lowest BCUT2D eigenvalue weighted by molar-refractivity contribution is 0.0952. The Morgan fingerprint density at radius 2 is 1.82 bits per heavy atom. The van der Waals surface area contributed by atoms with Gasteiger partial charge < -0.3 is 19.4 Å². The van der Waals surface area contributed by atoms with Crippen molar-refractivity contribution in [2.24, 2.45) is 0 Å². The molecule has 0 bridgehead atoms. The summed E-state index contributed by atoms with van der Waals surface area (Å²) in [4.78, 5) is 17.4. The Hall–Kier alpha value is -4.06. The van der Waals surface area contributed by atoms with Gasteiger partial charge >= 0.3 is 0 Å². The van der Waals surface area contributed by atoms with Crippen molar-refractivity contribution >= 4 is 23.0 Å². The summed E-state index contributed by atoms with van der Waals surface area (Å²) in [7, 11) is 1.67. The van der Waals surface area contributed by atoms with Crippen LogP contribution in [-0.2, 0) is 13.0 Å². The second-order valence-corrected chi connectivity index (χ2v) is 9.31. The summed E-state index contributed by atoms with van der Waals surface area (Å²) >= 11 is 0. The summed E-state index contributed by atoms with van der Waals surface area (Å²) in [5.74, 6) is 2.54. The van der Waals surface area contributed by atoms with Crippen molar-refractivity contribution in [1.29, 1.82) is 0 Å². The standard InChI is InChI=1S/C32H37N3O3/c1-4-12-25-18-19-29(30(23-25)37-3)38-22-10-9-21-35-28-16-8-7-15-27(28)34-31(35)17-11-20-33-32(36)26-14-6-5-13-24(26)2/h4-8,12-16,18-19,23H,9-11,17,20-22H2,1-3H3,(H,33,36)/b12-4+. The molecule has 0 aliphatic rings. The lowest BCUT2D eigenvalue weighted by Gasteiger charge is -2.13. The first kappa shape index (κ1) is 27.0. The molecule has 1 aromatic heterocycles. The van der Waals surface area contributed by atoms with E-state index in [4.69, 9.17) is 14.5 Å². The Bertz CT molecular complexity index is 1390. The van der Waals surface area contributed by atoms with Crippen LogP contribution in [0.1, 0.15) is 53.5 Å². The number of allylic oxidation sites excluding steroid dienone is 1. The number of ether oxygens (including phenoxy) is 2. The van der Waals surface area contributed by atoms with Gasteiger partial charge in [0.15, 0.2) is 11.5 Å². The molecular weight excluding hydrogens is 474 g/mol. The van der Waals surface area contributed by atoms with E-state index < -0.39 is 0 Å². The average molecular weight is 512 g/mol. The number of unbranched alkanes of at least 4 members (excludes halogenated alkanes) is 1. The molecule has 6 heteroatoms. The Balaban J connectivity index is 1.30. The number of methoxy groups -OCH3 is 1. The van der Waals surface area contributed by atoms with Crippen LogP contribution in [0.2, 0.25) is 0 Å². The molecular formula is C32H37N3O3. The molecule has 1 heterocycles. The molecule has 0 fully saturated rings. The Labute approximate surface area is 225 Å². The van der Waals surface area contributed by atoms with Crippen molar-refractivity contribution in [2.75, 3.05) is 20.3 Å². The van der Waals surface area contributed by atoms with Gasteiger partial charge in [0, 0.05) is 25.1 Å². The summed E-state index contributed by atoms with van der Waals surface area (Å²) < 4.78 is 13.8. The number of amides is 1. The lowest BCUT2D eigenvalue weighted by atomic mass is 10.1. The average Bonchev–Trinajstić information content (AvgIpc) is 3.29. The molecule has 6 nitrogen and oxygen atoms in total. The van der Waals surface area contributed by atoms with Crippen LogP contribution < -0.4 is 14.8 Å². The third-order valence-electron chi connectivity index (χ3n) is 6.57. The lowest BCUT2D eigenvalue weighted by Crippen LogP contribution is -2.25. The number of nitrogens with one attached hydrogen (secondary N) is 1. The van der Waals surface area contributed by atoms with Crippen LogP contribution >= 0.6 is 0 Å². The van der Waals surface area contributed by atoms with Crippen molar-refractivity contribution in [3.8, 4) is 11.5 Å². The van der Waals surface area contributed by atoms with Crippen molar-refractivity contribution < 1.29 is 14.3 Å². The smallest absolute Gasteiger partial charge is 0.251 e. The highest BCUT2D eigenvalue weighted by atomic mass is 16.5. The zero-order valence-electron chi connectivity index (χ0n) is 22.6. The SMILES string of the molecule is C/C=C/c1ccc(OCCCCn2c(CCCNC(=O)c3ccccc3C)nc3ccccc32)c(OC)c1. The number of hydrogen-bond acceptors (Lipinski definition) is 4. The Morgan fingerprint density at radius 3 is 2.63 bits per heavy atom. The van der Waals surface area contributed by atoms with Crippen molar-refractivity contribution in [2.45, 2.75) is 46.1 Å². The number of rotatable bonds is 13. The number of nitrogens with zero attached hydrogens (tertiary/aromatic N) is 2. The predicted molar refractivity (Wildman–Crippen MR) is 154 cm³/mol. The highest BCUT2D eigenvalue weighted by Crippen LogP contribution is 2.29. The minimum absolute atomic E-state index is 0.0234. The fourth-order valence-electron chi connectivity index (χ4n) is 4.59. The molecule has 0 aliphatic carbocycles. The molecule has 0 radical (unpaired) electrons. The van der Waals surface area contributed by atoms with Crippen LogP contribution in [0.5, 0.6) is 11.5 Å². The van der Waals surface area contributed by atoms with E-state index in [0.29, 0.717) is 13.2 Å². The third kappa shape index (κ3) is 6.82. The first-order valence-corrected chi connectivity index (χ1v) is 13.3. The number of carbonyl (C=O) groups excluding carboxylic acids is 1. The quantitative estimate of drug-likeness (QED) is 0.205. The number of aromatic nitrogens is 2. The van der Waals surface area contributed by atoms with Crippen LogP contribution in [0.25, 0.3) is 17.1 Å². The molecule has 0 spiro atoms. The molecule has 3 aromatic carbocycles. The molecule has 4 rings (SSSR count). The molecule has 1 amide bonds. The predicted octanol–water partition coefficient (Wildman–Crippen LogP) is 6.61. The van der Waals surface area contributed by atoms with E-state index in [1.807, 2.05) is 74.5 Å². The van der Waals surface area contributed by atoms with Gasteiger partial charge in [0.05, 0.1) is 24.8 Å². The number of carbonyl (C=O) groups is 1. The van der Waals surface area contributed by atoms with Crippen LogP contribution in [0.15, 0.2) is 72.8 Å². The second-order valence-electron chi connectivity index (χ2n) is 9.31. The minimum Gasteiger partial charge on any atom is -0.493 e. The van der Waals surface area contributed by atoms with Crippen LogP contribution in [0.3, 0.4) is 0 Å². The van der Waals surface area contributed by atoms with Crippen LogP contribution in [0.4, 0.5) is 0 Å². The van der Waals surface area contributed by atoms with Crippen LogP contribution in [-0.4, -0.2) is 35.7 Å². The maximum absolute atomic E-state index is 12.5. The molecule has 4 aromatic rings. The summed E-state index contributed by atoms with van der Waals surface area (Å²) in [6.45, 7) is 6.05. The molecule has 38 heavy (non-hydrogen) atoms. The van der Waals surface area contributed by atoms with Gasteiger partial charge in [-0.2, -0.15) is 0 Å². The number of para-hydroxylation sites is 2. The Morgan fingerprint density at radius 1 is 1.00 bits per heavy atom. The van der Waals surface area contributed by atoms with E-state index >= 15 is 0 Å². The molecule has 1 N–H and O–H groups in total. The number of imidazole rings is 1. The maximum Gasteiger partial charge on any atom is 0.251 e. The number of aryl methyl sites for hydroxylation is 3. The van der Waals surface area contributed by atoms with E-state index in [1.54, 1.807) is 7.11 Å². The first-order chi connectivity index (χ1) is 18.6. The van der Waals surface area contributed by atoms with E-state index in [-0.39, 0.29) is 5.91 Å². The van der Waals surface area contributed by atoms with E-state index in [1.165, 1.54) is 0 Å². The summed E-state index contributed by atoms with van der Waals surface area (Å²) in [6, 6.07) is 21.9. The van der Waals surface area contributed by atoms with E-state index in [0.717, 1.165) is 77.3 Å². The largest absolute Gasteiger partial charge is 0.493 e. The summed E-state index contributed by atoms with van der Waals surface area (Å²) in [5.41, 5.74) is 4.96. The monoisotopic (exact) mass is 511 g/mol. The highest BCUT2D eigenvalue weighted by Gasteiger charge is 2.12. The number of benzene rings is 3. The van der Waals surface area contributed by atoms with Gasteiger partial charge in [-0.25, -0.2) is 4.98 Å². The first-order valence-electron chi connectivity index (χ1n) is 13.3. The molecule has 0 atom stereocenters. The van der Waals surface area contributed by atoms with Crippen molar-refractivity contribution in [3.63, 3.8) is 0 Å². The fourth-order valence-corrected chi connectivity index (χ4v) is 4.59. The second kappa shape index (κ2) is 13.5. The molecule has 0 saturated carbocycles. The van der Waals surface area contributed by atoms with E-state index in [9.17, 15) is 4.79 Å². The highest BCUT2D eigenvalue weighted by molar-refractivity contribution is 5.95. The summed E-state index contributed by atoms with van der Waals surface area (Å²) in [5, 5.41) is 3.05. The third-order valence-corrected chi connectivity index (χ3v) is 6.57. The number of fused-ring (bicyclic) bond motifs is 1. The topological polar surface area (TPSA) is 65.4 Å². The minimum atomic E-state index is -0.0234. The van der Waals surface area contributed by atoms with Gasteiger partial charge in [-0.3, -0.25) is 4.79 Å². The van der Waals surface area contributed by atoms with Gasteiger partial charge in [-0.1, -0.05) is 48.6 Å². The molecule has 0 aliphatic heterocycles. The van der Waals surface area contributed by atoms with Gasteiger partial charge in [0.2, 0.25) is 0 Å². The van der Waals surface area contributed by atoms with Crippen LogP contribution in [0, 0.1) is 6.92 Å². The molecule has 198 valence electrons.